The second kappa shape index (κ2) is 5.07. The Kier molecular flexibility index (Phi) is 3.72. The zero-order valence-electron chi connectivity index (χ0n) is 12.4. The third kappa shape index (κ3) is 2.61. The van der Waals surface area contributed by atoms with Crippen molar-refractivity contribution in [3.8, 4) is 11.5 Å². The molecule has 0 atom stereocenters. The van der Waals surface area contributed by atoms with Gasteiger partial charge in [0.05, 0.1) is 4.90 Å². The zero-order chi connectivity index (χ0) is 15.9. The fraction of sp³-hybridized carbons (Fsp3) is 0.250. The van der Waals surface area contributed by atoms with Gasteiger partial charge < -0.3 is 10.2 Å². The van der Waals surface area contributed by atoms with E-state index in [1.165, 1.54) is 18.2 Å². The Morgan fingerprint density at radius 2 is 1.38 bits per heavy atom. The van der Waals surface area contributed by atoms with Gasteiger partial charge in [0, 0.05) is 0 Å². The number of hydrogen-bond donors (Lipinski definition) is 2. The van der Waals surface area contributed by atoms with Crippen molar-refractivity contribution in [1.82, 2.24) is 0 Å². The Labute approximate surface area is 124 Å². The second-order valence-corrected chi connectivity index (χ2v) is 7.22. The Balaban J connectivity index is 2.77. The van der Waals surface area contributed by atoms with Crippen LogP contribution in [0.1, 0.15) is 22.3 Å². The normalized spacial score (nSPS) is 11.6. The predicted octanol–water partition coefficient (Wildman–Crippen LogP) is 3.16. The van der Waals surface area contributed by atoms with Crippen LogP contribution in [0.4, 0.5) is 0 Å². The van der Waals surface area contributed by atoms with Gasteiger partial charge in [0.25, 0.3) is 0 Å². The Morgan fingerprint density at radius 3 is 2.00 bits per heavy atom. The molecule has 0 aliphatic carbocycles. The average molecular weight is 306 g/mol. The van der Waals surface area contributed by atoms with E-state index in [2.05, 4.69) is 0 Å². The Hall–Kier alpha value is -2.01. The molecule has 0 saturated carbocycles. The van der Waals surface area contributed by atoms with Crippen LogP contribution in [0.2, 0.25) is 0 Å². The molecule has 0 fully saturated rings. The third-order valence-electron chi connectivity index (χ3n) is 3.48. The predicted molar refractivity (Wildman–Crippen MR) is 80.6 cm³/mol. The monoisotopic (exact) mass is 306 g/mol. The molecule has 0 bridgehead atoms. The van der Waals surface area contributed by atoms with Crippen molar-refractivity contribution in [2.45, 2.75) is 37.5 Å². The summed E-state index contributed by atoms with van der Waals surface area (Å²) in [6, 6.07) is 6.03. The minimum absolute atomic E-state index is 0.0519. The van der Waals surface area contributed by atoms with Crippen molar-refractivity contribution in [3.05, 3.63) is 46.5 Å². The van der Waals surface area contributed by atoms with Gasteiger partial charge in [0.15, 0.2) is 0 Å². The minimum Gasteiger partial charge on any atom is -0.508 e. The molecule has 0 radical (unpaired) electrons. The first kappa shape index (κ1) is 15.4. The number of hydrogen-bond acceptors (Lipinski definition) is 4. The van der Waals surface area contributed by atoms with Crippen molar-refractivity contribution < 1.29 is 18.6 Å². The number of sulfone groups is 1. The highest BCUT2D eigenvalue weighted by Gasteiger charge is 2.25. The molecule has 2 aromatic rings. The SMILES string of the molecule is Cc1cc(C)c(O)c(S(=O)(=O)c2cc(C)c(O)cc2C)c1. The molecule has 0 aromatic heterocycles. The van der Waals surface area contributed by atoms with Crippen molar-refractivity contribution in [2.24, 2.45) is 0 Å². The molecule has 2 rings (SSSR count). The summed E-state index contributed by atoms with van der Waals surface area (Å²) in [6.45, 7) is 6.69. The number of aromatic hydroxyl groups is 2. The van der Waals surface area contributed by atoms with Crippen LogP contribution in [-0.2, 0) is 9.84 Å². The van der Waals surface area contributed by atoms with E-state index in [4.69, 9.17) is 0 Å². The van der Waals surface area contributed by atoms with Gasteiger partial charge in [-0.1, -0.05) is 6.07 Å². The summed E-state index contributed by atoms with van der Waals surface area (Å²) in [6.07, 6.45) is 0. The molecule has 0 aliphatic rings. The Bertz CT molecular complexity index is 821. The Morgan fingerprint density at radius 1 is 0.762 bits per heavy atom. The summed E-state index contributed by atoms with van der Waals surface area (Å²) < 4.78 is 25.6. The highest BCUT2D eigenvalue weighted by atomic mass is 32.2. The molecular formula is C16H18O4S. The smallest absolute Gasteiger partial charge is 0.210 e. The summed E-state index contributed by atoms with van der Waals surface area (Å²) in [5.41, 5.74) is 2.19. The van der Waals surface area contributed by atoms with E-state index in [0.29, 0.717) is 16.7 Å². The molecule has 0 saturated heterocycles. The summed E-state index contributed by atoms with van der Waals surface area (Å²) in [7, 11) is -3.85. The van der Waals surface area contributed by atoms with Gasteiger partial charge in [-0.3, -0.25) is 0 Å². The molecule has 4 nitrogen and oxygen atoms in total. The van der Waals surface area contributed by atoms with E-state index >= 15 is 0 Å². The van der Waals surface area contributed by atoms with E-state index in [9.17, 15) is 18.6 Å². The van der Waals surface area contributed by atoms with Gasteiger partial charge in [-0.05, 0) is 68.1 Å². The van der Waals surface area contributed by atoms with Crippen LogP contribution in [0.3, 0.4) is 0 Å². The van der Waals surface area contributed by atoms with Crippen molar-refractivity contribution in [2.75, 3.05) is 0 Å². The van der Waals surface area contributed by atoms with Crippen LogP contribution >= 0.6 is 0 Å². The van der Waals surface area contributed by atoms with Crippen molar-refractivity contribution >= 4 is 9.84 Å². The molecule has 0 unspecified atom stereocenters. The molecule has 2 N–H and O–H groups in total. The lowest BCUT2D eigenvalue weighted by molar-refractivity contribution is 0.454. The third-order valence-corrected chi connectivity index (χ3v) is 5.39. The standard InChI is InChI=1S/C16H18O4S/c1-9-5-12(4)16(18)15(6-9)21(19,20)14-8-10(2)13(17)7-11(14)3/h5-8,17-18H,1-4H3. The lowest BCUT2D eigenvalue weighted by Gasteiger charge is -2.13. The van der Waals surface area contributed by atoms with E-state index < -0.39 is 9.84 Å². The second-order valence-electron chi connectivity index (χ2n) is 5.34. The summed E-state index contributed by atoms with van der Waals surface area (Å²) in [5, 5.41) is 19.8. The maximum atomic E-state index is 12.8. The molecule has 2 aromatic carbocycles. The zero-order valence-corrected chi connectivity index (χ0v) is 13.2. The van der Waals surface area contributed by atoms with Crippen LogP contribution in [0.15, 0.2) is 34.1 Å². The van der Waals surface area contributed by atoms with Crippen LogP contribution < -0.4 is 0 Å². The largest absolute Gasteiger partial charge is 0.508 e. The van der Waals surface area contributed by atoms with Crippen LogP contribution in [0, 0.1) is 27.7 Å². The first-order chi connectivity index (χ1) is 9.64. The van der Waals surface area contributed by atoms with Crippen LogP contribution in [0.25, 0.3) is 0 Å². The lowest BCUT2D eigenvalue weighted by atomic mass is 10.1. The highest BCUT2D eigenvalue weighted by Crippen LogP contribution is 2.35. The fourth-order valence-corrected chi connectivity index (χ4v) is 4.12. The van der Waals surface area contributed by atoms with Crippen molar-refractivity contribution in [1.29, 1.82) is 0 Å². The van der Waals surface area contributed by atoms with Gasteiger partial charge in [-0.25, -0.2) is 8.42 Å². The quantitative estimate of drug-likeness (QED) is 0.893. The van der Waals surface area contributed by atoms with Crippen LogP contribution in [-0.4, -0.2) is 18.6 Å². The highest BCUT2D eigenvalue weighted by molar-refractivity contribution is 7.91. The van der Waals surface area contributed by atoms with E-state index in [0.717, 1.165) is 5.56 Å². The van der Waals surface area contributed by atoms with Gasteiger partial charge in [-0.2, -0.15) is 0 Å². The number of benzene rings is 2. The molecule has 5 heteroatoms. The van der Waals surface area contributed by atoms with E-state index in [1.807, 2.05) is 0 Å². The van der Waals surface area contributed by atoms with Gasteiger partial charge in [-0.15, -0.1) is 0 Å². The minimum atomic E-state index is -3.85. The van der Waals surface area contributed by atoms with Gasteiger partial charge in [0.1, 0.15) is 16.4 Å². The number of rotatable bonds is 2. The summed E-state index contributed by atoms with van der Waals surface area (Å²) in [5.74, 6) is -0.179. The topological polar surface area (TPSA) is 74.6 Å². The molecule has 0 amide bonds. The first-order valence-corrected chi connectivity index (χ1v) is 7.98. The average Bonchev–Trinajstić information content (AvgIpc) is 2.37. The summed E-state index contributed by atoms with van der Waals surface area (Å²) >= 11 is 0. The fourth-order valence-electron chi connectivity index (χ4n) is 2.31. The molecule has 0 spiro atoms. The first-order valence-electron chi connectivity index (χ1n) is 6.50. The molecule has 112 valence electrons. The maximum Gasteiger partial charge on any atom is 0.210 e. The number of aryl methyl sites for hydroxylation is 4. The van der Waals surface area contributed by atoms with E-state index in [-0.39, 0.29) is 21.3 Å². The molecular weight excluding hydrogens is 288 g/mol. The summed E-state index contributed by atoms with van der Waals surface area (Å²) in [4.78, 5) is -0.00807. The molecule has 0 heterocycles. The number of phenolic OH excluding ortho intramolecular Hbond substituents is 2. The van der Waals surface area contributed by atoms with Gasteiger partial charge in [0.2, 0.25) is 9.84 Å². The molecule has 0 aliphatic heterocycles. The van der Waals surface area contributed by atoms with Crippen molar-refractivity contribution in [3.63, 3.8) is 0 Å². The molecule has 21 heavy (non-hydrogen) atoms. The van der Waals surface area contributed by atoms with E-state index in [1.54, 1.807) is 33.8 Å². The number of phenols is 2. The maximum absolute atomic E-state index is 12.8. The van der Waals surface area contributed by atoms with Crippen LogP contribution in [0.5, 0.6) is 11.5 Å². The lowest BCUT2D eigenvalue weighted by Crippen LogP contribution is -2.06. The van der Waals surface area contributed by atoms with Gasteiger partial charge >= 0.3 is 0 Å².